The molecule has 2 heterocycles. The molecule has 0 unspecified atom stereocenters. The van der Waals surface area contributed by atoms with Gasteiger partial charge in [0.1, 0.15) is 11.5 Å². The molecule has 0 saturated heterocycles. The number of benzene rings is 1. The molecule has 0 aliphatic heterocycles. The molecule has 6 nitrogen and oxygen atoms in total. The van der Waals surface area contributed by atoms with Crippen LogP contribution in [0.4, 0.5) is 9.52 Å². The predicted octanol–water partition coefficient (Wildman–Crippen LogP) is 4.32. The summed E-state index contributed by atoms with van der Waals surface area (Å²) >= 11 is 1.23. The van der Waals surface area contributed by atoms with Gasteiger partial charge in [-0.2, -0.15) is 0 Å². The molecule has 0 aliphatic carbocycles. The second kappa shape index (κ2) is 7.71. The van der Waals surface area contributed by atoms with Crippen LogP contribution in [-0.4, -0.2) is 28.5 Å². The molecule has 140 valence electrons. The van der Waals surface area contributed by atoms with Gasteiger partial charge in [0, 0.05) is 16.6 Å². The molecule has 3 rings (SSSR count). The van der Waals surface area contributed by atoms with Crippen molar-refractivity contribution >= 4 is 28.3 Å². The van der Waals surface area contributed by atoms with E-state index in [-0.39, 0.29) is 18.1 Å². The van der Waals surface area contributed by atoms with Crippen molar-refractivity contribution < 1.29 is 18.7 Å². The average Bonchev–Trinajstić information content (AvgIpc) is 3.19. The molecule has 2 aromatic heterocycles. The Kier molecular flexibility index (Phi) is 5.36. The number of thiazole rings is 1. The second-order valence-corrected chi connectivity index (χ2v) is 6.71. The Labute approximate surface area is 159 Å². The number of hydrogen-bond acceptors (Lipinski definition) is 5. The van der Waals surface area contributed by atoms with Gasteiger partial charge < -0.3 is 9.72 Å². The van der Waals surface area contributed by atoms with Crippen LogP contribution in [0.3, 0.4) is 0 Å². The minimum absolute atomic E-state index is 0.256. The summed E-state index contributed by atoms with van der Waals surface area (Å²) in [5, 5.41) is 4.82. The zero-order valence-electron chi connectivity index (χ0n) is 15.1. The number of hydrogen-bond donors (Lipinski definition) is 2. The Bertz CT molecular complexity index is 1010. The first-order valence-electron chi connectivity index (χ1n) is 8.29. The lowest BCUT2D eigenvalue weighted by Crippen LogP contribution is -2.14. The van der Waals surface area contributed by atoms with Gasteiger partial charge in [-0.05, 0) is 38.5 Å². The molecule has 0 bridgehead atoms. The lowest BCUT2D eigenvalue weighted by Gasteiger charge is -2.03. The maximum Gasteiger partial charge on any atom is 0.340 e. The molecular formula is C19H18FN3O3S. The molecule has 27 heavy (non-hydrogen) atoms. The molecule has 8 heteroatoms. The third-order valence-electron chi connectivity index (χ3n) is 3.99. The van der Waals surface area contributed by atoms with E-state index in [9.17, 15) is 14.0 Å². The number of anilines is 1. The standard InChI is InChI=1S/C19H18FN3O3S/c1-4-26-18(25)15-10(2)16(21-11(15)3)17(24)23-19-22-14(9-27-19)12-6-5-7-13(20)8-12/h5-9,21H,4H2,1-3H3,(H,22,23,24). The van der Waals surface area contributed by atoms with Gasteiger partial charge in [-0.15, -0.1) is 11.3 Å². The highest BCUT2D eigenvalue weighted by Crippen LogP contribution is 2.26. The van der Waals surface area contributed by atoms with Crippen molar-refractivity contribution in [3.63, 3.8) is 0 Å². The average molecular weight is 387 g/mol. The number of aromatic amines is 1. The van der Waals surface area contributed by atoms with E-state index in [0.717, 1.165) is 0 Å². The fraction of sp³-hybridized carbons (Fsp3) is 0.211. The fourth-order valence-corrected chi connectivity index (χ4v) is 3.47. The van der Waals surface area contributed by atoms with E-state index >= 15 is 0 Å². The topological polar surface area (TPSA) is 84.1 Å². The van der Waals surface area contributed by atoms with E-state index in [1.165, 1.54) is 23.5 Å². The number of nitrogens with zero attached hydrogens (tertiary/aromatic N) is 1. The summed E-state index contributed by atoms with van der Waals surface area (Å²) in [5.74, 6) is -1.23. The maximum absolute atomic E-state index is 13.4. The molecule has 2 N–H and O–H groups in total. The van der Waals surface area contributed by atoms with Gasteiger partial charge >= 0.3 is 5.97 Å². The molecular weight excluding hydrogens is 369 g/mol. The van der Waals surface area contributed by atoms with Crippen LogP contribution in [0, 0.1) is 19.7 Å². The van der Waals surface area contributed by atoms with Crippen LogP contribution in [0.25, 0.3) is 11.3 Å². The van der Waals surface area contributed by atoms with Crippen LogP contribution in [0.15, 0.2) is 29.6 Å². The Morgan fingerprint density at radius 3 is 2.81 bits per heavy atom. The fourth-order valence-electron chi connectivity index (χ4n) is 2.76. The molecule has 3 aromatic rings. The molecule has 1 aromatic carbocycles. The van der Waals surface area contributed by atoms with E-state index in [0.29, 0.717) is 33.2 Å². The first-order valence-corrected chi connectivity index (χ1v) is 9.17. The number of esters is 1. The lowest BCUT2D eigenvalue weighted by atomic mass is 10.1. The van der Waals surface area contributed by atoms with Crippen molar-refractivity contribution in [2.45, 2.75) is 20.8 Å². The first kappa shape index (κ1) is 18.8. The third kappa shape index (κ3) is 3.90. The van der Waals surface area contributed by atoms with Crippen LogP contribution in [0.5, 0.6) is 0 Å². The second-order valence-electron chi connectivity index (χ2n) is 5.85. The number of carbonyl (C=O) groups is 2. The summed E-state index contributed by atoms with van der Waals surface area (Å²) in [6.45, 7) is 5.38. The largest absolute Gasteiger partial charge is 0.462 e. The number of aromatic nitrogens is 2. The maximum atomic E-state index is 13.4. The molecule has 0 spiro atoms. The summed E-state index contributed by atoms with van der Waals surface area (Å²) < 4.78 is 18.4. The van der Waals surface area contributed by atoms with Gasteiger partial charge in [0.15, 0.2) is 5.13 Å². The molecule has 0 fully saturated rings. The van der Waals surface area contributed by atoms with Crippen molar-refractivity contribution in [2.75, 3.05) is 11.9 Å². The summed E-state index contributed by atoms with van der Waals surface area (Å²) in [7, 11) is 0. The first-order chi connectivity index (χ1) is 12.9. The van der Waals surface area contributed by atoms with Gasteiger partial charge in [-0.1, -0.05) is 12.1 Å². The number of nitrogens with one attached hydrogen (secondary N) is 2. The normalized spacial score (nSPS) is 10.7. The Morgan fingerprint density at radius 1 is 1.33 bits per heavy atom. The summed E-state index contributed by atoms with van der Waals surface area (Å²) in [6.07, 6.45) is 0. The number of rotatable bonds is 5. The Hall–Kier alpha value is -3.00. The number of halogens is 1. The van der Waals surface area contributed by atoms with Crippen LogP contribution < -0.4 is 5.32 Å². The van der Waals surface area contributed by atoms with Gasteiger partial charge in [0.25, 0.3) is 5.91 Å². The molecule has 0 aliphatic rings. The van der Waals surface area contributed by atoms with Crippen LogP contribution in [0.2, 0.25) is 0 Å². The van der Waals surface area contributed by atoms with Crippen LogP contribution in [0.1, 0.15) is 39.0 Å². The minimum Gasteiger partial charge on any atom is -0.462 e. The van der Waals surface area contributed by atoms with Crippen molar-refractivity contribution in [1.82, 2.24) is 9.97 Å². The summed E-state index contributed by atoms with van der Waals surface area (Å²) in [5.41, 5.74) is 2.92. The van der Waals surface area contributed by atoms with E-state index in [2.05, 4.69) is 15.3 Å². The molecule has 0 atom stereocenters. The number of ether oxygens (including phenoxy) is 1. The lowest BCUT2D eigenvalue weighted by molar-refractivity contribution is 0.0525. The van der Waals surface area contributed by atoms with Crippen molar-refractivity contribution in [3.05, 3.63) is 58.0 Å². The third-order valence-corrected chi connectivity index (χ3v) is 4.75. The highest BCUT2D eigenvalue weighted by atomic mass is 32.1. The van der Waals surface area contributed by atoms with E-state index in [4.69, 9.17) is 4.74 Å². The molecule has 0 saturated carbocycles. The number of H-pyrrole nitrogens is 1. The zero-order valence-corrected chi connectivity index (χ0v) is 15.9. The Balaban J connectivity index is 1.81. The van der Waals surface area contributed by atoms with Crippen molar-refractivity contribution in [2.24, 2.45) is 0 Å². The minimum atomic E-state index is -0.467. The highest BCUT2D eigenvalue weighted by Gasteiger charge is 2.23. The van der Waals surface area contributed by atoms with Crippen LogP contribution in [-0.2, 0) is 4.74 Å². The van der Waals surface area contributed by atoms with Gasteiger partial charge in [0.2, 0.25) is 0 Å². The predicted molar refractivity (Wildman–Crippen MR) is 102 cm³/mol. The SMILES string of the molecule is CCOC(=O)c1c(C)[nH]c(C(=O)Nc2nc(-c3cccc(F)c3)cs2)c1C. The van der Waals surface area contributed by atoms with E-state index < -0.39 is 11.9 Å². The smallest absolute Gasteiger partial charge is 0.340 e. The highest BCUT2D eigenvalue weighted by molar-refractivity contribution is 7.14. The monoisotopic (exact) mass is 387 g/mol. The van der Waals surface area contributed by atoms with Gasteiger partial charge in [0.05, 0.1) is 17.9 Å². The van der Waals surface area contributed by atoms with Crippen molar-refractivity contribution in [1.29, 1.82) is 0 Å². The van der Waals surface area contributed by atoms with Crippen molar-refractivity contribution in [3.8, 4) is 11.3 Å². The quantitative estimate of drug-likeness (QED) is 0.639. The summed E-state index contributed by atoms with van der Waals surface area (Å²) in [4.78, 5) is 31.9. The molecule has 0 radical (unpaired) electrons. The van der Waals surface area contributed by atoms with Crippen LogP contribution >= 0.6 is 11.3 Å². The van der Waals surface area contributed by atoms with Gasteiger partial charge in [-0.25, -0.2) is 14.2 Å². The molecule has 1 amide bonds. The zero-order chi connectivity index (χ0) is 19.6. The summed E-state index contributed by atoms with van der Waals surface area (Å²) in [6, 6.07) is 6.08. The van der Waals surface area contributed by atoms with E-state index in [1.54, 1.807) is 38.3 Å². The Morgan fingerprint density at radius 2 is 2.11 bits per heavy atom. The van der Waals surface area contributed by atoms with E-state index in [1.807, 2.05) is 0 Å². The number of aryl methyl sites for hydroxylation is 1. The number of amides is 1. The van der Waals surface area contributed by atoms with Gasteiger partial charge in [-0.3, -0.25) is 10.1 Å². The number of carbonyl (C=O) groups excluding carboxylic acids is 2.